The average molecular weight is 284 g/mol. The van der Waals surface area contributed by atoms with Crippen molar-refractivity contribution in [3.63, 3.8) is 0 Å². The Balaban J connectivity index is 2.23. The van der Waals surface area contributed by atoms with Crippen LogP contribution in [-0.2, 0) is 0 Å². The van der Waals surface area contributed by atoms with Gasteiger partial charge in [-0.3, -0.25) is 0 Å². The summed E-state index contributed by atoms with van der Waals surface area (Å²) in [5.41, 5.74) is 5.47. The lowest BCUT2D eigenvalue weighted by Crippen LogP contribution is -2.12. The van der Waals surface area contributed by atoms with E-state index in [2.05, 4.69) is 42.3 Å². The largest absolute Gasteiger partial charge is 0.508 e. The predicted molar refractivity (Wildman–Crippen MR) is 90.4 cm³/mol. The molecule has 0 saturated carbocycles. The lowest BCUT2D eigenvalue weighted by Gasteiger charge is -2.21. The Hall–Kier alpha value is -2.16. The molecule has 0 aromatic heterocycles. The number of phenolic OH excluding ortho intramolecular Hbond substituents is 1. The van der Waals surface area contributed by atoms with Crippen molar-refractivity contribution in [3.05, 3.63) is 53.1 Å². The molecule has 2 aromatic carbocycles. The summed E-state index contributed by atoms with van der Waals surface area (Å²) in [6, 6.07) is 12.2. The van der Waals surface area contributed by atoms with E-state index in [4.69, 9.17) is 0 Å². The van der Waals surface area contributed by atoms with Crippen LogP contribution in [0.5, 0.6) is 5.75 Å². The highest BCUT2D eigenvalue weighted by atomic mass is 16.3. The van der Waals surface area contributed by atoms with Crippen molar-refractivity contribution in [2.45, 2.75) is 26.8 Å². The molecule has 0 amide bonds. The number of benzene rings is 2. The molecule has 3 nitrogen and oxygen atoms in total. The van der Waals surface area contributed by atoms with Crippen LogP contribution < -0.4 is 10.2 Å². The maximum absolute atomic E-state index is 10.1. The molecule has 0 saturated heterocycles. The molecule has 21 heavy (non-hydrogen) atoms. The zero-order chi connectivity index (χ0) is 15.6. The third-order valence-corrected chi connectivity index (χ3v) is 3.73. The van der Waals surface area contributed by atoms with Crippen LogP contribution in [0.2, 0.25) is 0 Å². The van der Waals surface area contributed by atoms with Crippen LogP contribution in [0.15, 0.2) is 36.4 Å². The summed E-state index contributed by atoms with van der Waals surface area (Å²) < 4.78 is 0. The summed E-state index contributed by atoms with van der Waals surface area (Å²) in [5, 5.41) is 13.5. The molecule has 0 spiro atoms. The molecule has 0 bridgehead atoms. The molecule has 0 heterocycles. The molecule has 2 N–H and O–H groups in total. The smallest absolute Gasteiger partial charge is 0.121 e. The van der Waals surface area contributed by atoms with Gasteiger partial charge in [-0.1, -0.05) is 18.2 Å². The first-order valence-electron chi connectivity index (χ1n) is 7.22. The van der Waals surface area contributed by atoms with E-state index in [0.29, 0.717) is 5.75 Å². The van der Waals surface area contributed by atoms with Crippen molar-refractivity contribution in [3.8, 4) is 5.75 Å². The molecular weight excluding hydrogens is 260 g/mol. The Morgan fingerprint density at radius 2 is 1.76 bits per heavy atom. The van der Waals surface area contributed by atoms with Crippen molar-refractivity contribution >= 4 is 11.4 Å². The number of aryl methyl sites for hydroxylation is 2. The first kappa shape index (κ1) is 15.2. The number of rotatable bonds is 4. The first-order chi connectivity index (χ1) is 9.88. The van der Waals surface area contributed by atoms with Gasteiger partial charge >= 0.3 is 0 Å². The van der Waals surface area contributed by atoms with Gasteiger partial charge < -0.3 is 15.3 Å². The summed E-state index contributed by atoms with van der Waals surface area (Å²) in [5.74, 6) is 0.343. The highest BCUT2D eigenvalue weighted by Gasteiger charge is 2.11. The standard InChI is InChI=1S/C18H24N2O/c1-12-6-9-16(18(21)10-12)14(3)19-15-8-7-13(2)17(11-15)20(4)5/h6-11,14,19,21H,1-5H3. The normalized spacial score (nSPS) is 12.0. The highest BCUT2D eigenvalue weighted by molar-refractivity contribution is 5.62. The van der Waals surface area contributed by atoms with E-state index in [1.807, 2.05) is 33.2 Å². The van der Waals surface area contributed by atoms with Gasteiger partial charge in [-0.15, -0.1) is 0 Å². The third-order valence-electron chi connectivity index (χ3n) is 3.73. The van der Waals surface area contributed by atoms with E-state index in [9.17, 15) is 5.11 Å². The lowest BCUT2D eigenvalue weighted by molar-refractivity contribution is 0.465. The van der Waals surface area contributed by atoms with Gasteiger partial charge in [0.25, 0.3) is 0 Å². The number of nitrogens with zero attached hydrogens (tertiary/aromatic N) is 1. The minimum Gasteiger partial charge on any atom is -0.508 e. The molecule has 2 rings (SSSR count). The Kier molecular flexibility index (Phi) is 4.41. The number of hydrogen-bond donors (Lipinski definition) is 2. The summed E-state index contributed by atoms with van der Waals surface area (Å²) in [6.07, 6.45) is 0. The van der Waals surface area contributed by atoms with Crippen LogP contribution in [0.1, 0.15) is 29.7 Å². The molecule has 0 radical (unpaired) electrons. The molecule has 1 unspecified atom stereocenters. The molecule has 0 aliphatic carbocycles. The fourth-order valence-electron chi connectivity index (χ4n) is 2.53. The Morgan fingerprint density at radius 3 is 2.38 bits per heavy atom. The van der Waals surface area contributed by atoms with E-state index >= 15 is 0 Å². The van der Waals surface area contributed by atoms with Crippen molar-refractivity contribution in [2.75, 3.05) is 24.3 Å². The van der Waals surface area contributed by atoms with E-state index in [-0.39, 0.29) is 6.04 Å². The van der Waals surface area contributed by atoms with Crippen LogP contribution in [0.25, 0.3) is 0 Å². The molecule has 0 aliphatic rings. The van der Waals surface area contributed by atoms with Crippen molar-refractivity contribution < 1.29 is 5.11 Å². The minimum absolute atomic E-state index is 0.0447. The fourth-order valence-corrected chi connectivity index (χ4v) is 2.53. The zero-order valence-corrected chi connectivity index (χ0v) is 13.4. The Labute approximate surface area is 127 Å². The van der Waals surface area contributed by atoms with Gasteiger partial charge in [0.1, 0.15) is 5.75 Å². The maximum atomic E-state index is 10.1. The molecule has 112 valence electrons. The monoisotopic (exact) mass is 284 g/mol. The van der Waals surface area contributed by atoms with Crippen molar-refractivity contribution in [2.24, 2.45) is 0 Å². The van der Waals surface area contributed by atoms with Crippen molar-refractivity contribution in [1.82, 2.24) is 0 Å². The molecule has 3 heteroatoms. The third kappa shape index (κ3) is 3.48. The van der Waals surface area contributed by atoms with Gasteiger partial charge in [-0.25, -0.2) is 0 Å². The van der Waals surface area contributed by atoms with Crippen LogP contribution in [0.4, 0.5) is 11.4 Å². The molecule has 2 aromatic rings. The lowest BCUT2D eigenvalue weighted by atomic mass is 10.0. The number of nitrogens with one attached hydrogen (secondary N) is 1. The van der Waals surface area contributed by atoms with Crippen LogP contribution in [-0.4, -0.2) is 19.2 Å². The van der Waals surface area contributed by atoms with E-state index in [1.165, 1.54) is 11.3 Å². The van der Waals surface area contributed by atoms with Crippen LogP contribution in [0.3, 0.4) is 0 Å². The summed E-state index contributed by atoms with van der Waals surface area (Å²) >= 11 is 0. The fraction of sp³-hybridized carbons (Fsp3) is 0.333. The Bertz CT molecular complexity index is 635. The van der Waals surface area contributed by atoms with E-state index in [1.54, 1.807) is 6.07 Å². The maximum Gasteiger partial charge on any atom is 0.121 e. The second kappa shape index (κ2) is 6.08. The zero-order valence-electron chi connectivity index (χ0n) is 13.4. The van der Waals surface area contributed by atoms with Gasteiger partial charge in [0.15, 0.2) is 0 Å². The van der Waals surface area contributed by atoms with E-state index in [0.717, 1.165) is 16.8 Å². The van der Waals surface area contributed by atoms with Gasteiger partial charge in [-0.2, -0.15) is 0 Å². The topological polar surface area (TPSA) is 35.5 Å². The Morgan fingerprint density at radius 1 is 1.05 bits per heavy atom. The summed E-state index contributed by atoms with van der Waals surface area (Å²) in [7, 11) is 4.09. The molecular formula is C18H24N2O. The number of hydrogen-bond acceptors (Lipinski definition) is 3. The summed E-state index contributed by atoms with van der Waals surface area (Å²) in [4.78, 5) is 2.11. The summed E-state index contributed by atoms with van der Waals surface area (Å²) in [6.45, 7) is 6.14. The van der Waals surface area contributed by atoms with Gasteiger partial charge in [0.05, 0.1) is 6.04 Å². The van der Waals surface area contributed by atoms with E-state index < -0.39 is 0 Å². The number of anilines is 2. The number of phenols is 1. The first-order valence-corrected chi connectivity index (χ1v) is 7.22. The molecule has 1 atom stereocenters. The molecule has 0 aliphatic heterocycles. The van der Waals surface area contributed by atoms with Crippen LogP contribution in [0, 0.1) is 13.8 Å². The SMILES string of the molecule is Cc1ccc(C(C)Nc2ccc(C)c(N(C)C)c2)c(O)c1. The molecule has 0 fully saturated rings. The van der Waals surface area contributed by atoms with Gasteiger partial charge in [-0.05, 0) is 50.1 Å². The number of aromatic hydroxyl groups is 1. The van der Waals surface area contributed by atoms with Gasteiger partial charge in [0, 0.05) is 31.0 Å². The average Bonchev–Trinajstić information content (AvgIpc) is 2.40. The predicted octanol–water partition coefficient (Wildman–Crippen LogP) is 4.25. The second-order valence-electron chi connectivity index (χ2n) is 5.82. The minimum atomic E-state index is 0.0447. The highest BCUT2D eigenvalue weighted by Crippen LogP contribution is 2.29. The van der Waals surface area contributed by atoms with Crippen LogP contribution >= 0.6 is 0 Å². The van der Waals surface area contributed by atoms with Gasteiger partial charge in [0.2, 0.25) is 0 Å². The van der Waals surface area contributed by atoms with Crippen molar-refractivity contribution in [1.29, 1.82) is 0 Å². The second-order valence-corrected chi connectivity index (χ2v) is 5.82. The quantitative estimate of drug-likeness (QED) is 0.881.